The van der Waals surface area contributed by atoms with Gasteiger partial charge in [-0.3, -0.25) is 9.69 Å². The Bertz CT molecular complexity index is 1530. The maximum Gasteiger partial charge on any atom is 0.410 e. The van der Waals surface area contributed by atoms with Crippen LogP contribution in [-0.2, 0) is 9.53 Å². The minimum atomic E-state index is -0.461. The Hall–Kier alpha value is -3.92. The van der Waals surface area contributed by atoms with Gasteiger partial charge in [-0.05, 0) is 99.5 Å². The predicted molar refractivity (Wildman–Crippen MR) is 178 cm³/mol. The van der Waals surface area contributed by atoms with Gasteiger partial charge in [0.2, 0.25) is 5.91 Å². The summed E-state index contributed by atoms with van der Waals surface area (Å²) in [6.07, 6.45) is 9.25. The summed E-state index contributed by atoms with van der Waals surface area (Å²) in [5, 5.41) is 9.52. The second-order valence-electron chi connectivity index (χ2n) is 13.9. The molecule has 0 atom stereocenters. The molecule has 2 aromatic heterocycles. The number of hydrogen-bond donors (Lipinski definition) is 1. The van der Waals surface area contributed by atoms with Crippen LogP contribution >= 0.6 is 0 Å². The van der Waals surface area contributed by atoms with Gasteiger partial charge in [-0.1, -0.05) is 26.0 Å². The number of aliphatic hydroxyl groups is 1. The molecule has 3 fully saturated rings. The topological polar surface area (TPSA) is 118 Å². The second-order valence-corrected chi connectivity index (χ2v) is 13.9. The average molecular weight is 645 g/mol. The van der Waals surface area contributed by atoms with Crippen molar-refractivity contribution < 1.29 is 28.6 Å². The Morgan fingerprint density at radius 3 is 2.40 bits per heavy atom. The normalized spacial score (nSPS) is 23.3. The Balaban J connectivity index is 1.15. The number of amides is 2. The molecule has 1 aromatic carbocycles. The van der Waals surface area contributed by atoms with Gasteiger partial charge in [-0.2, -0.15) is 0 Å². The molecule has 1 saturated heterocycles. The molecule has 252 valence electrons. The van der Waals surface area contributed by atoms with E-state index in [2.05, 4.69) is 30.1 Å². The molecule has 47 heavy (non-hydrogen) atoms. The summed E-state index contributed by atoms with van der Waals surface area (Å²) in [5.74, 6) is 3.84. The molecule has 6 rings (SSSR count). The van der Waals surface area contributed by atoms with E-state index in [0.717, 1.165) is 42.6 Å². The molecule has 0 spiro atoms. The molecule has 3 aliphatic rings. The zero-order valence-corrected chi connectivity index (χ0v) is 28.1. The van der Waals surface area contributed by atoms with E-state index in [0.29, 0.717) is 74.6 Å². The summed E-state index contributed by atoms with van der Waals surface area (Å²) in [7, 11) is 1.71. The number of carbonyl (C=O) groups is 2. The van der Waals surface area contributed by atoms with Crippen molar-refractivity contribution in [3.05, 3.63) is 59.7 Å². The lowest BCUT2D eigenvalue weighted by Gasteiger charge is -2.38. The van der Waals surface area contributed by atoms with Crippen LogP contribution in [0.2, 0.25) is 0 Å². The first kappa shape index (κ1) is 33.0. The minimum Gasteiger partial charge on any atom is -0.496 e. The highest BCUT2D eigenvalue weighted by molar-refractivity contribution is 5.94. The number of aromatic nitrogens is 2. The molecular weight excluding hydrogens is 596 g/mol. The first-order valence-corrected chi connectivity index (χ1v) is 17.2. The van der Waals surface area contributed by atoms with Crippen LogP contribution < -0.4 is 9.64 Å². The summed E-state index contributed by atoms with van der Waals surface area (Å²) < 4.78 is 17.2. The maximum absolute atomic E-state index is 14.3. The van der Waals surface area contributed by atoms with Crippen molar-refractivity contribution in [1.82, 2.24) is 14.9 Å². The van der Waals surface area contributed by atoms with Crippen LogP contribution in [0.25, 0.3) is 11.3 Å². The van der Waals surface area contributed by atoms with Crippen molar-refractivity contribution in [1.29, 1.82) is 0 Å². The smallest absolute Gasteiger partial charge is 0.410 e. The van der Waals surface area contributed by atoms with Gasteiger partial charge in [0.05, 0.1) is 32.5 Å². The SMILES string of the molecule is COc1ccc(C2CCC(CN(C(=O)C3CCC(OC(=O)N4CC(O)C4)CC3)c3cc(-c4cnc(C(C)C)o4)ccn3)CC2)cc1C. The molecule has 1 aliphatic heterocycles. The summed E-state index contributed by atoms with van der Waals surface area (Å²) in [4.78, 5) is 39.3. The zero-order valence-electron chi connectivity index (χ0n) is 28.1. The van der Waals surface area contributed by atoms with Gasteiger partial charge in [0.1, 0.15) is 17.7 Å². The van der Waals surface area contributed by atoms with Crippen molar-refractivity contribution in [3.63, 3.8) is 0 Å². The highest BCUT2D eigenvalue weighted by atomic mass is 16.6. The predicted octanol–water partition coefficient (Wildman–Crippen LogP) is 6.86. The van der Waals surface area contributed by atoms with E-state index in [1.54, 1.807) is 19.5 Å². The average Bonchev–Trinajstić information content (AvgIpc) is 3.57. The molecule has 2 amide bonds. The molecule has 10 nitrogen and oxygen atoms in total. The number of benzene rings is 1. The molecule has 2 aliphatic carbocycles. The van der Waals surface area contributed by atoms with Gasteiger partial charge in [0, 0.05) is 30.1 Å². The number of carbonyl (C=O) groups excluding carboxylic acids is 2. The van der Waals surface area contributed by atoms with Crippen LogP contribution in [0.4, 0.5) is 10.6 Å². The lowest BCUT2D eigenvalue weighted by molar-refractivity contribution is -0.124. The number of nitrogens with zero attached hydrogens (tertiary/aromatic N) is 4. The highest BCUT2D eigenvalue weighted by Crippen LogP contribution is 2.39. The van der Waals surface area contributed by atoms with Crippen LogP contribution in [0.3, 0.4) is 0 Å². The molecule has 3 aromatic rings. The van der Waals surface area contributed by atoms with Gasteiger partial charge >= 0.3 is 6.09 Å². The molecule has 0 bridgehead atoms. The van der Waals surface area contributed by atoms with Crippen molar-refractivity contribution in [3.8, 4) is 17.1 Å². The lowest BCUT2D eigenvalue weighted by Crippen LogP contribution is -2.54. The summed E-state index contributed by atoms with van der Waals surface area (Å²) in [6, 6.07) is 10.4. The number of rotatable bonds is 9. The fraction of sp³-hybridized carbons (Fsp3) is 0.568. The number of oxazole rings is 1. The molecule has 0 radical (unpaired) electrons. The number of methoxy groups -OCH3 is 1. The number of likely N-dealkylation sites (tertiary alicyclic amines) is 1. The van der Waals surface area contributed by atoms with Crippen molar-refractivity contribution in [2.24, 2.45) is 11.8 Å². The summed E-state index contributed by atoms with van der Waals surface area (Å²) in [5.41, 5.74) is 3.36. The largest absolute Gasteiger partial charge is 0.496 e. The van der Waals surface area contributed by atoms with E-state index in [1.807, 2.05) is 30.9 Å². The van der Waals surface area contributed by atoms with Gasteiger partial charge in [-0.15, -0.1) is 0 Å². The molecular formula is C37H48N4O6. The summed E-state index contributed by atoms with van der Waals surface area (Å²) in [6.45, 7) is 7.44. The van der Waals surface area contributed by atoms with Crippen LogP contribution in [0.5, 0.6) is 5.75 Å². The van der Waals surface area contributed by atoms with E-state index in [4.69, 9.17) is 18.9 Å². The van der Waals surface area contributed by atoms with Gasteiger partial charge in [0.25, 0.3) is 0 Å². The fourth-order valence-electron chi connectivity index (χ4n) is 7.27. The standard InChI is InChI=1S/C37H48N4O6/c1-23(2)35-39-19-33(47-35)29-15-16-38-34(18-29)41(20-25-5-7-26(8-6-25)28-11-14-32(45-4)24(3)17-28)36(43)27-9-12-31(13-10-27)46-37(44)40-21-30(42)22-40/h11,14-19,23,25-27,30-31,42H,5-10,12-13,20-22H2,1-4H3. The number of hydrogen-bond acceptors (Lipinski definition) is 8. The van der Waals surface area contributed by atoms with Crippen LogP contribution in [0.15, 0.2) is 47.1 Å². The van der Waals surface area contributed by atoms with Crippen LogP contribution in [0, 0.1) is 18.8 Å². The van der Waals surface area contributed by atoms with E-state index in [-0.39, 0.29) is 29.9 Å². The monoisotopic (exact) mass is 644 g/mol. The quantitative estimate of drug-likeness (QED) is 0.269. The van der Waals surface area contributed by atoms with E-state index < -0.39 is 6.10 Å². The number of anilines is 1. The molecule has 1 N–H and O–H groups in total. The minimum absolute atomic E-state index is 0.0821. The Morgan fingerprint density at radius 1 is 1.02 bits per heavy atom. The van der Waals surface area contributed by atoms with Crippen molar-refractivity contribution >= 4 is 17.8 Å². The molecule has 0 unspecified atom stereocenters. The number of aryl methyl sites for hydroxylation is 1. The molecule has 3 heterocycles. The van der Waals surface area contributed by atoms with E-state index >= 15 is 0 Å². The first-order valence-electron chi connectivity index (χ1n) is 17.2. The van der Waals surface area contributed by atoms with Gasteiger partial charge in [0.15, 0.2) is 11.7 Å². The van der Waals surface area contributed by atoms with Gasteiger partial charge < -0.3 is 23.9 Å². The van der Waals surface area contributed by atoms with E-state index in [1.165, 1.54) is 10.5 Å². The summed E-state index contributed by atoms with van der Waals surface area (Å²) >= 11 is 0. The highest BCUT2D eigenvalue weighted by Gasteiger charge is 2.36. The first-order chi connectivity index (χ1) is 22.7. The Labute approximate surface area is 277 Å². The number of pyridine rings is 1. The van der Waals surface area contributed by atoms with Gasteiger partial charge in [-0.25, -0.2) is 14.8 Å². The lowest BCUT2D eigenvalue weighted by atomic mass is 9.78. The third-order valence-corrected chi connectivity index (χ3v) is 10.2. The van der Waals surface area contributed by atoms with E-state index in [9.17, 15) is 14.7 Å². The Morgan fingerprint density at radius 2 is 1.77 bits per heavy atom. The Kier molecular flexibility index (Phi) is 10.2. The second kappa shape index (κ2) is 14.5. The number of aliphatic hydroxyl groups excluding tert-OH is 1. The number of β-amino-alcohol motifs (C(OH)–C–C–N with tert-alkyl or cyclic N) is 1. The third kappa shape index (κ3) is 7.64. The van der Waals surface area contributed by atoms with Crippen LogP contribution in [0.1, 0.15) is 94.1 Å². The number of ether oxygens (including phenoxy) is 2. The molecule has 10 heteroatoms. The van der Waals surface area contributed by atoms with Crippen molar-refractivity contribution in [2.75, 3.05) is 31.6 Å². The zero-order chi connectivity index (χ0) is 33.1. The maximum atomic E-state index is 14.3. The third-order valence-electron chi connectivity index (χ3n) is 10.2. The fourth-order valence-corrected chi connectivity index (χ4v) is 7.27. The van der Waals surface area contributed by atoms with Crippen LogP contribution in [-0.4, -0.2) is 70.9 Å². The molecule has 2 saturated carbocycles. The van der Waals surface area contributed by atoms with Crippen molar-refractivity contribution in [2.45, 2.75) is 96.2 Å².